The molecule has 1 atom stereocenters. The first-order chi connectivity index (χ1) is 12.2. The molecule has 0 spiro atoms. The number of hydrogen-bond acceptors (Lipinski definition) is 3. The summed E-state index contributed by atoms with van der Waals surface area (Å²) in [5, 5.41) is 5.85. The van der Waals surface area contributed by atoms with Gasteiger partial charge in [-0.1, -0.05) is 30.3 Å². The summed E-state index contributed by atoms with van der Waals surface area (Å²) >= 11 is 0. The van der Waals surface area contributed by atoms with Crippen molar-refractivity contribution in [3.05, 3.63) is 65.2 Å². The highest BCUT2D eigenvalue weighted by Crippen LogP contribution is 2.23. The van der Waals surface area contributed by atoms with Crippen LogP contribution < -0.4 is 15.4 Å². The van der Waals surface area contributed by atoms with Crippen LogP contribution in [-0.2, 0) is 11.2 Å². The molecular weight excluding hydrogens is 316 g/mol. The molecule has 130 valence electrons. The van der Waals surface area contributed by atoms with E-state index in [1.165, 1.54) is 0 Å². The van der Waals surface area contributed by atoms with E-state index in [-0.39, 0.29) is 17.7 Å². The number of fused-ring (bicyclic) bond motifs is 1. The van der Waals surface area contributed by atoms with Crippen LogP contribution in [-0.4, -0.2) is 31.5 Å². The largest absolute Gasteiger partial charge is 0.494 e. The Kier molecular flexibility index (Phi) is 5.33. The quantitative estimate of drug-likeness (QED) is 0.849. The van der Waals surface area contributed by atoms with E-state index in [2.05, 4.69) is 10.6 Å². The lowest BCUT2D eigenvalue weighted by Gasteiger charge is -2.25. The molecule has 0 bridgehead atoms. The predicted molar refractivity (Wildman–Crippen MR) is 95.8 cm³/mol. The zero-order chi connectivity index (χ0) is 17.6. The summed E-state index contributed by atoms with van der Waals surface area (Å²) in [6.45, 7) is 3.61. The van der Waals surface area contributed by atoms with Crippen molar-refractivity contribution in [2.75, 3.05) is 19.7 Å². The van der Waals surface area contributed by atoms with Gasteiger partial charge in [-0.2, -0.15) is 0 Å². The van der Waals surface area contributed by atoms with Gasteiger partial charge in [0.15, 0.2) is 0 Å². The summed E-state index contributed by atoms with van der Waals surface area (Å²) in [5.74, 6) is 0.825. The summed E-state index contributed by atoms with van der Waals surface area (Å²) in [4.78, 5) is 24.1. The van der Waals surface area contributed by atoms with Gasteiger partial charge in [0.2, 0.25) is 5.91 Å². The standard InChI is InChI=1S/C20H22N2O3/c1-2-25-16-9-7-14(8-10-16)11-19(23)21-12-15-13-22-20(24)18-6-4-3-5-17(15)18/h3-10,15H,2,11-13H2,1H3,(H,21,23)(H,22,24). The van der Waals surface area contributed by atoms with Crippen LogP contribution in [0, 0.1) is 0 Å². The first-order valence-corrected chi connectivity index (χ1v) is 8.53. The lowest BCUT2D eigenvalue weighted by Crippen LogP contribution is -2.40. The summed E-state index contributed by atoms with van der Waals surface area (Å²) < 4.78 is 5.40. The molecule has 2 aromatic carbocycles. The second kappa shape index (κ2) is 7.83. The molecule has 0 saturated heterocycles. The van der Waals surface area contributed by atoms with Crippen LogP contribution in [0.1, 0.15) is 34.3 Å². The normalized spacial score (nSPS) is 15.9. The van der Waals surface area contributed by atoms with Crippen LogP contribution in [0.3, 0.4) is 0 Å². The molecule has 5 nitrogen and oxygen atoms in total. The van der Waals surface area contributed by atoms with Gasteiger partial charge in [-0.05, 0) is 36.2 Å². The number of nitrogens with one attached hydrogen (secondary N) is 2. The third kappa shape index (κ3) is 4.18. The summed E-state index contributed by atoms with van der Waals surface area (Å²) in [6, 6.07) is 15.1. The molecule has 1 aliphatic rings. The first kappa shape index (κ1) is 17.0. The lowest BCUT2D eigenvalue weighted by atomic mass is 9.90. The summed E-state index contributed by atoms with van der Waals surface area (Å²) in [5.41, 5.74) is 2.63. The average Bonchev–Trinajstić information content (AvgIpc) is 2.63. The van der Waals surface area contributed by atoms with Crippen LogP contribution in [0.2, 0.25) is 0 Å². The average molecular weight is 338 g/mol. The topological polar surface area (TPSA) is 67.4 Å². The van der Waals surface area contributed by atoms with E-state index in [1.807, 2.05) is 55.5 Å². The number of hydrogen-bond donors (Lipinski definition) is 2. The van der Waals surface area contributed by atoms with E-state index in [0.29, 0.717) is 31.7 Å². The Morgan fingerprint density at radius 1 is 1.20 bits per heavy atom. The van der Waals surface area contributed by atoms with Crippen molar-refractivity contribution in [2.24, 2.45) is 0 Å². The van der Waals surface area contributed by atoms with E-state index < -0.39 is 0 Å². The molecule has 2 N–H and O–H groups in total. The van der Waals surface area contributed by atoms with Gasteiger partial charge in [0, 0.05) is 24.6 Å². The predicted octanol–water partition coefficient (Wildman–Crippen LogP) is 2.27. The Morgan fingerprint density at radius 3 is 2.72 bits per heavy atom. The molecule has 0 saturated carbocycles. The molecule has 1 aliphatic heterocycles. The van der Waals surface area contributed by atoms with Crippen molar-refractivity contribution in [3.63, 3.8) is 0 Å². The van der Waals surface area contributed by atoms with Gasteiger partial charge < -0.3 is 15.4 Å². The van der Waals surface area contributed by atoms with Crippen LogP contribution in [0.25, 0.3) is 0 Å². The van der Waals surface area contributed by atoms with E-state index in [4.69, 9.17) is 4.74 Å². The number of carbonyl (C=O) groups is 2. The Morgan fingerprint density at radius 2 is 1.96 bits per heavy atom. The van der Waals surface area contributed by atoms with Crippen LogP contribution in [0.4, 0.5) is 0 Å². The molecule has 5 heteroatoms. The molecular formula is C20H22N2O3. The van der Waals surface area contributed by atoms with E-state index >= 15 is 0 Å². The fourth-order valence-electron chi connectivity index (χ4n) is 3.02. The zero-order valence-electron chi connectivity index (χ0n) is 14.2. The first-order valence-electron chi connectivity index (χ1n) is 8.53. The SMILES string of the molecule is CCOc1ccc(CC(=O)NCC2CNC(=O)c3ccccc32)cc1. The number of rotatable bonds is 6. The van der Waals surface area contributed by atoms with Crippen molar-refractivity contribution in [1.29, 1.82) is 0 Å². The number of carbonyl (C=O) groups excluding carboxylic acids is 2. The van der Waals surface area contributed by atoms with Crippen LogP contribution in [0.5, 0.6) is 5.75 Å². The maximum atomic E-state index is 12.2. The van der Waals surface area contributed by atoms with Gasteiger partial charge in [0.25, 0.3) is 5.91 Å². The summed E-state index contributed by atoms with van der Waals surface area (Å²) in [6.07, 6.45) is 0.327. The highest BCUT2D eigenvalue weighted by atomic mass is 16.5. The van der Waals surface area contributed by atoms with Crippen LogP contribution >= 0.6 is 0 Å². The maximum Gasteiger partial charge on any atom is 0.251 e. The molecule has 0 fully saturated rings. The molecule has 3 rings (SSSR count). The molecule has 0 radical (unpaired) electrons. The smallest absolute Gasteiger partial charge is 0.251 e. The van der Waals surface area contributed by atoms with E-state index in [1.54, 1.807) is 0 Å². The number of benzene rings is 2. The highest BCUT2D eigenvalue weighted by Gasteiger charge is 2.24. The van der Waals surface area contributed by atoms with Crippen molar-refractivity contribution >= 4 is 11.8 Å². The minimum atomic E-state index is -0.0486. The molecule has 25 heavy (non-hydrogen) atoms. The molecule has 1 unspecified atom stereocenters. The van der Waals surface area contributed by atoms with Gasteiger partial charge in [0.1, 0.15) is 5.75 Å². The minimum absolute atomic E-state index is 0.0291. The van der Waals surface area contributed by atoms with Crippen LogP contribution in [0.15, 0.2) is 48.5 Å². The Bertz CT molecular complexity index is 756. The Hall–Kier alpha value is -2.82. The molecule has 1 heterocycles. The van der Waals surface area contributed by atoms with Crippen molar-refractivity contribution in [3.8, 4) is 5.75 Å². The maximum absolute atomic E-state index is 12.2. The molecule has 2 aromatic rings. The lowest BCUT2D eigenvalue weighted by molar-refractivity contribution is -0.120. The number of ether oxygens (including phenoxy) is 1. The molecule has 2 amide bonds. The van der Waals surface area contributed by atoms with E-state index in [0.717, 1.165) is 16.9 Å². The second-order valence-corrected chi connectivity index (χ2v) is 6.05. The van der Waals surface area contributed by atoms with Crippen molar-refractivity contribution < 1.29 is 14.3 Å². The fourth-order valence-corrected chi connectivity index (χ4v) is 3.02. The Labute approximate surface area is 147 Å². The van der Waals surface area contributed by atoms with Gasteiger partial charge in [-0.3, -0.25) is 9.59 Å². The summed E-state index contributed by atoms with van der Waals surface area (Å²) in [7, 11) is 0. The highest BCUT2D eigenvalue weighted by molar-refractivity contribution is 5.97. The van der Waals surface area contributed by atoms with Gasteiger partial charge in [-0.25, -0.2) is 0 Å². The third-order valence-electron chi connectivity index (χ3n) is 4.30. The monoisotopic (exact) mass is 338 g/mol. The Balaban J connectivity index is 1.56. The number of amides is 2. The molecule has 0 aromatic heterocycles. The minimum Gasteiger partial charge on any atom is -0.494 e. The second-order valence-electron chi connectivity index (χ2n) is 6.05. The fraction of sp³-hybridized carbons (Fsp3) is 0.300. The van der Waals surface area contributed by atoms with Crippen molar-refractivity contribution in [2.45, 2.75) is 19.3 Å². The van der Waals surface area contributed by atoms with Crippen molar-refractivity contribution in [1.82, 2.24) is 10.6 Å². The third-order valence-corrected chi connectivity index (χ3v) is 4.30. The zero-order valence-corrected chi connectivity index (χ0v) is 14.2. The van der Waals surface area contributed by atoms with E-state index in [9.17, 15) is 9.59 Å². The van der Waals surface area contributed by atoms with Gasteiger partial charge >= 0.3 is 0 Å². The van der Waals surface area contributed by atoms with Gasteiger partial charge in [-0.15, -0.1) is 0 Å². The van der Waals surface area contributed by atoms with Gasteiger partial charge in [0.05, 0.1) is 13.0 Å². The molecule has 0 aliphatic carbocycles.